The van der Waals surface area contributed by atoms with Crippen molar-refractivity contribution in [1.82, 2.24) is 9.78 Å². The van der Waals surface area contributed by atoms with Crippen molar-refractivity contribution in [3.05, 3.63) is 34.5 Å². The van der Waals surface area contributed by atoms with Gasteiger partial charge in [-0.3, -0.25) is 14.9 Å². The van der Waals surface area contributed by atoms with Crippen LogP contribution in [0.5, 0.6) is 0 Å². The molecule has 0 aliphatic rings. The molecular weight excluding hydrogens is 234 g/mol. The minimum Gasteiger partial charge on any atom is -0.272 e. The van der Waals surface area contributed by atoms with E-state index in [1.165, 1.54) is 23.0 Å². The molecule has 18 heavy (non-hydrogen) atoms. The average molecular weight is 247 g/mol. The Hall–Kier alpha value is -2.24. The van der Waals surface area contributed by atoms with E-state index < -0.39 is 10.3 Å². The standard InChI is InChI=1S/C12H13N3O3/c1-12(2,3)11(16)14-10-5-4-9(15(17)18)6-8(10)7-13-14/h4-7H,1-3H3. The third kappa shape index (κ3) is 1.97. The summed E-state index contributed by atoms with van der Waals surface area (Å²) in [5, 5.41) is 15.2. The first-order valence-electron chi connectivity index (χ1n) is 5.48. The molecule has 94 valence electrons. The number of nitro groups is 1. The predicted molar refractivity (Wildman–Crippen MR) is 66.5 cm³/mol. The number of benzene rings is 1. The van der Waals surface area contributed by atoms with Crippen molar-refractivity contribution in [2.24, 2.45) is 5.41 Å². The van der Waals surface area contributed by atoms with Crippen molar-refractivity contribution in [3.63, 3.8) is 0 Å². The number of hydrogen-bond donors (Lipinski definition) is 0. The van der Waals surface area contributed by atoms with Gasteiger partial charge in [-0.2, -0.15) is 9.78 Å². The van der Waals surface area contributed by atoms with E-state index in [0.717, 1.165) is 0 Å². The SMILES string of the molecule is CC(C)(C)C(=O)n1ncc2cc([N+](=O)[O-])ccc21. The third-order valence-corrected chi connectivity index (χ3v) is 2.60. The van der Waals surface area contributed by atoms with Gasteiger partial charge in [-0.05, 0) is 6.07 Å². The van der Waals surface area contributed by atoms with Gasteiger partial charge in [0.05, 0.1) is 16.6 Å². The molecule has 0 atom stereocenters. The van der Waals surface area contributed by atoms with Crippen molar-refractivity contribution in [1.29, 1.82) is 0 Å². The van der Waals surface area contributed by atoms with Gasteiger partial charge in [-0.15, -0.1) is 0 Å². The van der Waals surface area contributed by atoms with Gasteiger partial charge >= 0.3 is 0 Å². The Morgan fingerprint density at radius 2 is 2.06 bits per heavy atom. The van der Waals surface area contributed by atoms with Gasteiger partial charge in [-0.25, -0.2) is 0 Å². The molecule has 0 radical (unpaired) electrons. The highest BCUT2D eigenvalue weighted by Crippen LogP contribution is 2.23. The molecule has 1 aromatic heterocycles. The predicted octanol–water partition coefficient (Wildman–Crippen LogP) is 2.63. The molecule has 0 aliphatic carbocycles. The van der Waals surface area contributed by atoms with E-state index in [9.17, 15) is 14.9 Å². The van der Waals surface area contributed by atoms with Gasteiger partial charge in [0.15, 0.2) is 0 Å². The zero-order valence-electron chi connectivity index (χ0n) is 10.4. The highest BCUT2D eigenvalue weighted by Gasteiger charge is 2.25. The fraction of sp³-hybridized carbons (Fsp3) is 0.333. The lowest BCUT2D eigenvalue weighted by Gasteiger charge is -2.16. The van der Waals surface area contributed by atoms with Crippen LogP contribution in [-0.4, -0.2) is 20.6 Å². The van der Waals surface area contributed by atoms with Crippen LogP contribution in [0.1, 0.15) is 25.6 Å². The Labute approximate surface area is 103 Å². The lowest BCUT2D eigenvalue weighted by Crippen LogP contribution is -2.27. The number of nitrogens with zero attached hydrogens (tertiary/aromatic N) is 3. The number of fused-ring (bicyclic) bond motifs is 1. The minimum absolute atomic E-state index is 0.00902. The van der Waals surface area contributed by atoms with E-state index in [1.54, 1.807) is 26.8 Å². The summed E-state index contributed by atoms with van der Waals surface area (Å²) in [5.74, 6) is -0.147. The Morgan fingerprint density at radius 1 is 1.39 bits per heavy atom. The van der Waals surface area contributed by atoms with Crippen molar-refractivity contribution < 1.29 is 9.72 Å². The van der Waals surface area contributed by atoms with Crippen LogP contribution in [0.2, 0.25) is 0 Å². The molecule has 6 nitrogen and oxygen atoms in total. The molecule has 0 N–H and O–H groups in total. The summed E-state index contributed by atoms with van der Waals surface area (Å²) in [4.78, 5) is 22.3. The summed E-state index contributed by atoms with van der Waals surface area (Å²) >= 11 is 0. The lowest BCUT2D eigenvalue weighted by molar-refractivity contribution is -0.384. The number of aromatic nitrogens is 2. The van der Waals surface area contributed by atoms with Crippen LogP contribution in [-0.2, 0) is 0 Å². The zero-order valence-corrected chi connectivity index (χ0v) is 10.4. The molecule has 0 spiro atoms. The van der Waals surface area contributed by atoms with Crippen LogP contribution in [0.4, 0.5) is 5.69 Å². The summed E-state index contributed by atoms with van der Waals surface area (Å²) in [6.45, 7) is 5.40. The van der Waals surface area contributed by atoms with Gasteiger partial charge in [-0.1, -0.05) is 20.8 Å². The second kappa shape index (κ2) is 3.90. The van der Waals surface area contributed by atoms with Crippen molar-refractivity contribution in [3.8, 4) is 0 Å². The molecule has 1 aromatic carbocycles. The van der Waals surface area contributed by atoms with E-state index in [0.29, 0.717) is 10.9 Å². The Bertz CT molecular complexity index is 638. The molecule has 1 heterocycles. The minimum atomic E-state index is -0.555. The second-order valence-electron chi connectivity index (χ2n) is 5.11. The van der Waals surface area contributed by atoms with Crippen LogP contribution >= 0.6 is 0 Å². The summed E-state index contributed by atoms with van der Waals surface area (Å²) in [7, 11) is 0. The number of non-ortho nitro benzene ring substituents is 1. The second-order valence-corrected chi connectivity index (χ2v) is 5.11. The number of nitro benzene ring substituents is 1. The Morgan fingerprint density at radius 3 is 2.61 bits per heavy atom. The third-order valence-electron chi connectivity index (χ3n) is 2.60. The van der Waals surface area contributed by atoms with Crippen molar-refractivity contribution >= 4 is 22.5 Å². The topological polar surface area (TPSA) is 78.0 Å². The normalized spacial score (nSPS) is 11.7. The first-order chi connectivity index (χ1) is 8.30. The first-order valence-corrected chi connectivity index (χ1v) is 5.48. The maximum atomic E-state index is 12.1. The fourth-order valence-corrected chi connectivity index (χ4v) is 1.61. The van der Waals surface area contributed by atoms with Crippen molar-refractivity contribution in [2.75, 3.05) is 0 Å². The molecule has 0 aliphatic heterocycles. The monoisotopic (exact) mass is 247 g/mol. The molecule has 0 unspecified atom stereocenters. The molecule has 0 bridgehead atoms. The van der Waals surface area contributed by atoms with Gasteiger partial charge in [0.25, 0.3) is 11.6 Å². The quantitative estimate of drug-likeness (QED) is 0.573. The summed E-state index contributed by atoms with van der Waals surface area (Å²) < 4.78 is 1.29. The molecular formula is C12H13N3O3. The first kappa shape index (κ1) is 12.2. The molecule has 0 saturated carbocycles. The maximum Gasteiger partial charge on any atom is 0.270 e. The Kier molecular flexibility index (Phi) is 2.65. The number of carbonyl (C=O) groups excluding carboxylic acids is 1. The zero-order chi connectivity index (χ0) is 13.5. The fourth-order valence-electron chi connectivity index (χ4n) is 1.61. The molecule has 0 fully saturated rings. The molecule has 2 aromatic rings. The Balaban J connectivity index is 2.56. The smallest absolute Gasteiger partial charge is 0.270 e. The van der Waals surface area contributed by atoms with E-state index in [-0.39, 0.29) is 11.6 Å². The van der Waals surface area contributed by atoms with E-state index in [4.69, 9.17) is 0 Å². The molecule has 0 amide bonds. The van der Waals surface area contributed by atoms with Crippen molar-refractivity contribution in [2.45, 2.75) is 20.8 Å². The van der Waals surface area contributed by atoms with Gasteiger partial charge in [0.2, 0.25) is 0 Å². The summed E-state index contributed by atoms with van der Waals surface area (Å²) in [5.41, 5.74) is 0.0200. The van der Waals surface area contributed by atoms with Crippen LogP contribution in [0.25, 0.3) is 10.9 Å². The maximum absolute atomic E-state index is 12.1. The number of hydrogen-bond acceptors (Lipinski definition) is 4. The molecule has 6 heteroatoms. The van der Waals surface area contributed by atoms with E-state index in [1.807, 2.05) is 0 Å². The number of carbonyl (C=O) groups is 1. The van der Waals surface area contributed by atoms with E-state index in [2.05, 4.69) is 5.10 Å². The lowest BCUT2D eigenvalue weighted by atomic mass is 9.96. The molecule has 2 rings (SSSR count). The van der Waals surface area contributed by atoms with Crippen LogP contribution in [0, 0.1) is 15.5 Å². The largest absolute Gasteiger partial charge is 0.272 e. The van der Waals surface area contributed by atoms with Crippen LogP contribution < -0.4 is 0 Å². The average Bonchev–Trinajstić information content (AvgIpc) is 2.68. The van der Waals surface area contributed by atoms with Gasteiger partial charge < -0.3 is 0 Å². The summed E-state index contributed by atoms with van der Waals surface area (Å²) in [6, 6.07) is 4.33. The molecule has 0 saturated heterocycles. The highest BCUT2D eigenvalue weighted by atomic mass is 16.6. The number of rotatable bonds is 1. The summed E-state index contributed by atoms with van der Waals surface area (Å²) in [6.07, 6.45) is 1.46. The van der Waals surface area contributed by atoms with Crippen LogP contribution in [0.15, 0.2) is 24.4 Å². The van der Waals surface area contributed by atoms with Gasteiger partial charge in [0, 0.05) is 22.9 Å². The van der Waals surface area contributed by atoms with E-state index >= 15 is 0 Å². The van der Waals surface area contributed by atoms with Gasteiger partial charge in [0.1, 0.15) is 0 Å². The van der Waals surface area contributed by atoms with Crippen LogP contribution in [0.3, 0.4) is 0 Å². The highest BCUT2D eigenvalue weighted by molar-refractivity contribution is 5.93.